The Morgan fingerprint density at radius 1 is 1.58 bits per heavy atom. The van der Waals surface area contributed by atoms with Crippen LogP contribution in [-0.2, 0) is 13.6 Å². The minimum Gasteiger partial charge on any atom is -0.345 e. The number of hydrogen-bond donors (Lipinski definition) is 1. The van der Waals surface area contributed by atoms with E-state index in [1.165, 1.54) is 0 Å². The van der Waals surface area contributed by atoms with Gasteiger partial charge in [-0.2, -0.15) is 5.10 Å². The van der Waals surface area contributed by atoms with Crippen molar-refractivity contribution in [3.63, 3.8) is 0 Å². The summed E-state index contributed by atoms with van der Waals surface area (Å²) in [6.45, 7) is 0.452. The van der Waals surface area contributed by atoms with Crippen molar-refractivity contribution in [2.75, 3.05) is 0 Å². The Hall–Kier alpha value is -1.56. The number of halogens is 1. The van der Waals surface area contributed by atoms with Crippen LogP contribution in [0, 0.1) is 0 Å². The number of nitrogens with one attached hydrogen (secondary N) is 1. The molecule has 1 N–H and O–H groups in total. The third-order valence-electron chi connectivity index (χ3n) is 3.19. The van der Waals surface area contributed by atoms with E-state index >= 15 is 0 Å². The van der Waals surface area contributed by atoms with Gasteiger partial charge in [-0.3, -0.25) is 9.48 Å². The molecular weight excluding hydrogens is 308 g/mol. The first-order chi connectivity index (χ1) is 9.13. The maximum absolute atomic E-state index is 12.2. The van der Waals surface area contributed by atoms with E-state index in [-0.39, 0.29) is 5.91 Å². The SMILES string of the molecule is Cn1ccc(CNC(=O)c2cc(Br)cn2C2CC2)n1. The Morgan fingerprint density at radius 3 is 3.00 bits per heavy atom. The quantitative estimate of drug-likeness (QED) is 0.938. The van der Waals surface area contributed by atoms with Crippen LogP contribution in [0.1, 0.15) is 35.1 Å². The highest BCUT2D eigenvalue weighted by atomic mass is 79.9. The number of rotatable bonds is 4. The molecule has 0 aliphatic heterocycles. The average Bonchev–Trinajstić information content (AvgIpc) is 3.03. The van der Waals surface area contributed by atoms with Gasteiger partial charge >= 0.3 is 0 Å². The second-order valence-corrected chi connectivity index (χ2v) is 5.76. The molecule has 0 atom stereocenters. The number of amides is 1. The van der Waals surface area contributed by atoms with Crippen LogP contribution >= 0.6 is 15.9 Å². The summed E-state index contributed by atoms with van der Waals surface area (Å²) in [6, 6.07) is 4.25. The van der Waals surface area contributed by atoms with Crippen LogP contribution < -0.4 is 5.32 Å². The summed E-state index contributed by atoms with van der Waals surface area (Å²) >= 11 is 3.43. The predicted molar refractivity (Wildman–Crippen MR) is 74.8 cm³/mol. The molecule has 0 bridgehead atoms. The van der Waals surface area contributed by atoms with E-state index in [4.69, 9.17) is 0 Å². The molecule has 6 heteroatoms. The number of carbonyl (C=O) groups excluding carboxylic acids is 1. The lowest BCUT2D eigenvalue weighted by Gasteiger charge is -2.07. The Kier molecular flexibility index (Phi) is 3.18. The largest absolute Gasteiger partial charge is 0.345 e. The van der Waals surface area contributed by atoms with Crippen molar-refractivity contribution in [2.45, 2.75) is 25.4 Å². The number of nitrogens with zero attached hydrogens (tertiary/aromatic N) is 3. The summed E-state index contributed by atoms with van der Waals surface area (Å²) in [4.78, 5) is 12.2. The van der Waals surface area contributed by atoms with Crippen molar-refractivity contribution in [3.8, 4) is 0 Å². The highest BCUT2D eigenvalue weighted by molar-refractivity contribution is 9.10. The van der Waals surface area contributed by atoms with Crippen molar-refractivity contribution in [2.24, 2.45) is 7.05 Å². The van der Waals surface area contributed by atoms with E-state index in [0.29, 0.717) is 18.3 Å². The first-order valence-corrected chi connectivity index (χ1v) is 7.07. The van der Waals surface area contributed by atoms with Crippen molar-refractivity contribution in [1.29, 1.82) is 0 Å². The van der Waals surface area contributed by atoms with Gasteiger partial charge in [-0.1, -0.05) is 0 Å². The maximum Gasteiger partial charge on any atom is 0.268 e. The maximum atomic E-state index is 12.2. The minimum atomic E-state index is -0.0525. The average molecular weight is 323 g/mol. The second-order valence-electron chi connectivity index (χ2n) is 4.85. The van der Waals surface area contributed by atoms with E-state index in [1.807, 2.05) is 31.6 Å². The van der Waals surface area contributed by atoms with Crippen molar-refractivity contribution in [1.82, 2.24) is 19.7 Å². The van der Waals surface area contributed by atoms with Gasteiger partial charge in [-0.15, -0.1) is 0 Å². The molecule has 3 rings (SSSR count). The van der Waals surface area contributed by atoms with Crippen molar-refractivity contribution in [3.05, 3.63) is 40.4 Å². The fraction of sp³-hybridized carbons (Fsp3) is 0.385. The topological polar surface area (TPSA) is 51.9 Å². The van der Waals surface area contributed by atoms with Gasteiger partial charge in [-0.05, 0) is 40.9 Å². The highest BCUT2D eigenvalue weighted by Gasteiger charge is 2.27. The summed E-state index contributed by atoms with van der Waals surface area (Å²) in [5.74, 6) is -0.0525. The molecule has 2 aromatic heterocycles. The van der Waals surface area contributed by atoms with E-state index < -0.39 is 0 Å². The molecular formula is C13H15BrN4O. The lowest BCUT2D eigenvalue weighted by molar-refractivity contribution is 0.0941. The fourth-order valence-electron chi connectivity index (χ4n) is 2.10. The van der Waals surface area contributed by atoms with E-state index in [0.717, 1.165) is 23.0 Å². The van der Waals surface area contributed by atoms with Gasteiger partial charge in [0.2, 0.25) is 0 Å². The van der Waals surface area contributed by atoms with Crippen LogP contribution in [0.15, 0.2) is 29.0 Å². The van der Waals surface area contributed by atoms with Crippen LogP contribution in [0.25, 0.3) is 0 Å². The zero-order valence-corrected chi connectivity index (χ0v) is 12.2. The number of aryl methyl sites for hydroxylation is 1. The van der Waals surface area contributed by atoms with Gasteiger partial charge in [-0.25, -0.2) is 0 Å². The van der Waals surface area contributed by atoms with Crippen LogP contribution in [0.5, 0.6) is 0 Å². The second kappa shape index (κ2) is 4.85. The standard InChI is InChI=1S/C13H15BrN4O/c1-17-5-4-10(16-17)7-15-13(19)12-6-9(14)8-18(12)11-2-3-11/h4-6,8,11H,2-3,7H2,1H3,(H,15,19). The first kappa shape index (κ1) is 12.5. The summed E-state index contributed by atoms with van der Waals surface area (Å²) < 4.78 is 4.73. The molecule has 1 fully saturated rings. The molecule has 2 heterocycles. The molecule has 1 aliphatic rings. The number of hydrogen-bond acceptors (Lipinski definition) is 2. The minimum absolute atomic E-state index is 0.0525. The Bertz CT molecular complexity index is 612. The normalized spacial score (nSPS) is 14.6. The molecule has 5 nitrogen and oxygen atoms in total. The van der Waals surface area contributed by atoms with Crippen LogP contribution in [0.3, 0.4) is 0 Å². The van der Waals surface area contributed by atoms with Gasteiger partial charge in [0, 0.05) is 30.0 Å². The van der Waals surface area contributed by atoms with E-state index in [1.54, 1.807) is 4.68 Å². The summed E-state index contributed by atoms with van der Waals surface area (Å²) in [6.07, 6.45) is 6.15. The Balaban J connectivity index is 1.70. The third kappa shape index (κ3) is 2.73. The first-order valence-electron chi connectivity index (χ1n) is 6.27. The number of carbonyl (C=O) groups is 1. The highest BCUT2D eigenvalue weighted by Crippen LogP contribution is 2.37. The third-order valence-corrected chi connectivity index (χ3v) is 3.62. The van der Waals surface area contributed by atoms with Crippen molar-refractivity contribution >= 4 is 21.8 Å². The zero-order valence-electron chi connectivity index (χ0n) is 10.6. The summed E-state index contributed by atoms with van der Waals surface area (Å²) in [7, 11) is 1.86. The summed E-state index contributed by atoms with van der Waals surface area (Å²) in [5.41, 5.74) is 1.57. The molecule has 0 radical (unpaired) electrons. The van der Waals surface area contributed by atoms with Crippen molar-refractivity contribution < 1.29 is 4.79 Å². The molecule has 0 unspecified atom stereocenters. The van der Waals surface area contributed by atoms with Gasteiger partial charge in [0.05, 0.1) is 12.2 Å². The van der Waals surface area contributed by atoms with Gasteiger partial charge < -0.3 is 9.88 Å². The van der Waals surface area contributed by atoms with Crippen LogP contribution in [0.2, 0.25) is 0 Å². The monoisotopic (exact) mass is 322 g/mol. The smallest absolute Gasteiger partial charge is 0.268 e. The molecule has 0 aromatic carbocycles. The Labute approximate surface area is 119 Å². The fourth-order valence-corrected chi connectivity index (χ4v) is 2.54. The lowest BCUT2D eigenvalue weighted by atomic mass is 10.3. The molecule has 19 heavy (non-hydrogen) atoms. The molecule has 0 saturated heterocycles. The van der Waals surface area contributed by atoms with Gasteiger partial charge in [0.15, 0.2) is 0 Å². The molecule has 1 amide bonds. The summed E-state index contributed by atoms with van der Waals surface area (Å²) in [5, 5.41) is 7.15. The zero-order chi connectivity index (χ0) is 13.4. The molecule has 100 valence electrons. The lowest BCUT2D eigenvalue weighted by Crippen LogP contribution is -2.25. The molecule has 1 saturated carbocycles. The van der Waals surface area contributed by atoms with E-state index in [9.17, 15) is 4.79 Å². The number of aromatic nitrogens is 3. The Morgan fingerprint density at radius 2 is 2.37 bits per heavy atom. The van der Waals surface area contributed by atoms with Gasteiger partial charge in [0.25, 0.3) is 5.91 Å². The van der Waals surface area contributed by atoms with E-state index in [2.05, 4.69) is 30.9 Å². The van der Waals surface area contributed by atoms with Crippen LogP contribution in [0.4, 0.5) is 0 Å². The molecule has 1 aliphatic carbocycles. The van der Waals surface area contributed by atoms with Gasteiger partial charge in [0.1, 0.15) is 5.69 Å². The predicted octanol–water partition coefficient (Wildman–Crippen LogP) is 2.25. The molecule has 2 aromatic rings. The molecule has 0 spiro atoms. The van der Waals surface area contributed by atoms with Crippen LogP contribution in [-0.4, -0.2) is 20.3 Å².